The molecule has 23 heavy (non-hydrogen) atoms. The first-order valence-corrected chi connectivity index (χ1v) is 8.29. The normalized spacial score (nSPS) is 13.1. The summed E-state index contributed by atoms with van der Waals surface area (Å²) in [7, 11) is 0. The summed E-state index contributed by atoms with van der Waals surface area (Å²) >= 11 is 0. The van der Waals surface area contributed by atoms with Gasteiger partial charge >= 0.3 is 5.97 Å². The Morgan fingerprint density at radius 2 is 2.09 bits per heavy atom. The maximum absolute atomic E-state index is 12.5. The molecule has 0 saturated heterocycles. The van der Waals surface area contributed by atoms with Crippen molar-refractivity contribution in [3.8, 4) is 6.07 Å². The van der Waals surface area contributed by atoms with E-state index in [0.717, 1.165) is 17.5 Å². The number of nitrogens with zero attached hydrogens (tertiary/aromatic N) is 1. The molecule has 0 heterocycles. The molecule has 126 valence electrons. The largest absolute Gasteiger partial charge is 0.465 e. The molecule has 0 saturated carbocycles. The van der Waals surface area contributed by atoms with Gasteiger partial charge in [0.05, 0.1) is 24.7 Å². The van der Waals surface area contributed by atoms with Gasteiger partial charge in [0, 0.05) is 13.0 Å². The standard InChI is InChI=1S/C19H27NO3/c1-4-22-14-11-16-9-8-10-17(15-16)19(3,12-6-7-13-20)18(21)23-5-2/h8-10,15H,4-7,11-12,14H2,1-3H3. The lowest BCUT2D eigenvalue weighted by Crippen LogP contribution is -2.34. The zero-order valence-electron chi connectivity index (χ0n) is 14.4. The molecule has 0 amide bonds. The minimum Gasteiger partial charge on any atom is -0.465 e. The van der Waals surface area contributed by atoms with Crippen molar-refractivity contribution in [3.05, 3.63) is 35.4 Å². The van der Waals surface area contributed by atoms with E-state index in [1.807, 2.05) is 39.0 Å². The van der Waals surface area contributed by atoms with Gasteiger partial charge in [0.1, 0.15) is 0 Å². The Kier molecular flexibility index (Phi) is 8.36. The topological polar surface area (TPSA) is 59.3 Å². The van der Waals surface area contributed by atoms with Gasteiger partial charge in [-0.3, -0.25) is 4.79 Å². The number of carbonyl (C=O) groups is 1. The lowest BCUT2D eigenvalue weighted by atomic mass is 9.77. The third-order valence-corrected chi connectivity index (χ3v) is 3.99. The molecule has 0 bridgehead atoms. The van der Waals surface area contributed by atoms with Crippen molar-refractivity contribution in [2.75, 3.05) is 19.8 Å². The number of ether oxygens (including phenoxy) is 2. The van der Waals surface area contributed by atoms with Crippen molar-refractivity contribution < 1.29 is 14.3 Å². The summed E-state index contributed by atoms with van der Waals surface area (Å²) in [6.45, 7) is 7.43. The van der Waals surface area contributed by atoms with E-state index in [1.165, 1.54) is 0 Å². The number of carbonyl (C=O) groups excluding carboxylic acids is 1. The third-order valence-electron chi connectivity index (χ3n) is 3.99. The van der Waals surface area contributed by atoms with Crippen molar-refractivity contribution in [3.63, 3.8) is 0 Å². The molecule has 0 radical (unpaired) electrons. The first kappa shape index (κ1) is 19.2. The van der Waals surface area contributed by atoms with Crippen molar-refractivity contribution in [1.29, 1.82) is 5.26 Å². The minimum atomic E-state index is -0.714. The van der Waals surface area contributed by atoms with E-state index in [1.54, 1.807) is 0 Å². The van der Waals surface area contributed by atoms with Crippen LogP contribution in [0.5, 0.6) is 0 Å². The second-order valence-electron chi connectivity index (χ2n) is 5.71. The predicted octanol–water partition coefficient (Wildman–Crippen LogP) is 3.78. The second-order valence-corrected chi connectivity index (χ2v) is 5.71. The first-order chi connectivity index (χ1) is 11.1. The number of benzene rings is 1. The van der Waals surface area contributed by atoms with E-state index in [0.29, 0.717) is 39.1 Å². The Bertz CT molecular complexity index is 536. The van der Waals surface area contributed by atoms with Crippen molar-refractivity contribution in [1.82, 2.24) is 0 Å². The number of nitriles is 1. The second kappa shape index (κ2) is 10.0. The van der Waals surface area contributed by atoms with Crippen molar-refractivity contribution >= 4 is 5.97 Å². The maximum atomic E-state index is 12.5. The summed E-state index contributed by atoms with van der Waals surface area (Å²) in [5.74, 6) is -0.222. The Morgan fingerprint density at radius 3 is 2.74 bits per heavy atom. The monoisotopic (exact) mass is 317 g/mol. The summed E-state index contributed by atoms with van der Waals surface area (Å²) in [6.07, 6.45) is 2.54. The molecular formula is C19H27NO3. The van der Waals surface area contributed by atoms with Gasteiger partial charge in [0.15, 0.2) is 0 Å². The van der Waals surface area contributed by atoms with Crippen molar-refractivity contribution in [2.45, 2.75) is 51.9 Å². The average Bonchev–Trinajstić information content (AvgIpc) is 2.55. The van der Waals surface area contributed by atoms with E-state index >= 15 is 0 Å². The number of hydrogen-bond acceptors (Lipinski definition) is 4. The molecule has 0 aromatic heterocycles. The number of hydrogen-bond donors (Lipinski definition) is 0. The molecule has 1 rings (SSSR count). The molecule has 0 aliphatic rings. The van der Waals surface area contributed by atoms with Gasteiger partial charge in [-0.05, 0) is 51.2 Å². The molecular weight excluding hydrogens is 290 g/mol. The van der Waals surface area contributed by atoms with Crippen LogP contribution in [0.2, 0.25) is 0 Å². The maximum Gasteiger partial charge on any atom is 0.316 e. The van der Waals surface area contributed by atoms with Crippen LogP contribution < -0.4 is 0 Å². The molecule has 1 unspecified atom stereocenters. The van der Waals surface area contributed by atoms with Crippen LogP contribution in [0.3, 0.4) is 0 Å². The molecule has 1 aromatic rings. The van der Waals surface area contributed by atoms with E-state index < -0.39 is 5.41 Å². The van der Waals surface area contributed by atoms with Gasteiger partial charge in [-0.1, -0.05) is 24.3 Å². The lowest BCUT2D eigenvalue weighted by molar-refractivity contribution is -0.149. The van der Waals surface area contributed by atoms with Crippen LogP contribution in [0.4, 0.5) is 0 Å². The molecule has 0 aliphatic carbocycles. The van der Waals surface area contributed by atoms with Crippen LogP contribution in [-0.4, -0.2) is 25.8 Å². The molecule has 1 atom stereocenters. The number of esters is 1. The van der Waals surface area contributed by atoms with Gasteiger partial charge < -0.3 is 9.47 Å². The zero-order chi connectivity index (χ0) is 17.1. The quantitative estimate of drug-likeness (QED) is 0.487. The van der Waals surface area contributed by atoms with E-state index in [9.17, 15) is 4.79 Å². The van der Waals surface area contributed by atoms with Crippen LogP contribution in [0.15, 0.2) is 24.3 Å². The smallest absolute Gasteiger partial charge is 0.316 e. The summed E-state index contributed by atoms with van der Waals surface area (Å²) in [5, 5.41) is 8.76. The Balaban J connectivity index is 2.98. The van der Waals surface area contributed by atoms with Gasteiger partial charge in [-0.2, -0.15) is 5.26 Å². The first-order valence-electron chi connectivity index (χ1n) is 8.29. The van der Waals surface area contributed by atoms with Crippen LogP contribution in [0, 0.1) is 11.3 Å². The third kappa shape index (κ3) is 5.69. The fourth-order valence-corrected chi connectivity index (χ4v) is 2.58. The Morgan fingerprint density at radius 1 is 1.30 bits per heavy atom. The van der Waals surface area contributed by atoms with Gasteiger partial charge in [0.25, 0.3) is 0 Å². The van der Waals surface area contributed by atoms with Crippen LogP contribution >= 0.6 is 0 Å². The van der Waals surface area contributed by atoms with Gasteiger partial charge in [0.2, 0.25) is 0 Å². The van der Waals surface area contributed by atoms with Crippen LogP contribution in [0.25, 0.3) is 0 Å². The predicted molar refractivity (Wildman–Crippen MR) is 90.1 cm³/mol. The Hall–Kier alpha value is -1.86. The van der Waals surface area contributed by atoms with E-state index in [-0.39, 0.29) is 5.97 Å². The minimum absolute atomic E-state index is 0.222. The molecule has 0 aliphatic heterocycles. The zero-order valence-corrected chi connectivity index (χ0v) is 14.4. The van der Waals surface area contributed by atoms with Gasteiger partial charge in [-0.15, -0.1) is 0 Å². The van der Waals surface area contributed by atoms with E-state index in [2.05, 4.69) is 12.1 Å². The molecule has 1 aromatic carbocycles. The fraction of sp³-hybridized carbons (Fsp3) is 0.579. The summed E-state index contributed by atoms with van der Waals surface area (Å²) in [6, 6.07) is 10.2. The molecule has 0 spiro atoms. The van der Waals surface area contributed by atoms with Crippen LogP contribution in [0.1, 0.15) is 51.2 Å². The lowest BCUT2D eigenvalue weighted by Gasteiger charge is -2.28. The molecule has 4 nitrogen and oxygen atoms in total. The molecule has 0 N–H and O–H groups in total. The molecule has 0 fully saturated rings. The average molecular weight is 317 g/mol. The highest BCUT2D eigenvalue weighted by molar-refractivity contribution is 5.82. The number of rotatable bonds is 10. The highest BCUT2D eigenvalue weighted by Gasteiger charge is 2.36. The van der Waals surface area contributed by atoms with E-state index in [4.69, 9.17) is 14.7 Å². The fourth-order valence-electron chi connectivity index (χ4n) is 2.58. The summed E-state index contributed by atoms with van der Waals surface area (Å²) < 4.78 is 10.7. The molecule has 4 heteroatoms. The summed E-state index contributed by atoms with van der Waals surface area (Å²) in [5.41, 5.74) is 1.38. The highest BCUT2D eigenvalue weighted by atomic mass is 16.5. The van der Waals surface area contributed by atoms with Crippen LogP contribution in [-0.2, 0) is 26.1 Å². The van der Waals surface area contributed by atoms with Gasteiger partial charge in [-0.25, -0.2) is 0 Å². The Labute approximate surface area is 139 Å². The van der Waals surface area contributed by atoms with Crippen molar-refractivity contribution in [2.24, 2.45) is 0 Å². The highest BCUT2D eigenvalue weighted by Crippen LogP contribution is 2.32. The number of unbranched alkanes of at least 4 members (excludes halogenated alkanes) is 1. The SMILES string of the molecule is CCOCCc1cccc(C(C)(CCCC#N)C(=O)OCC)c1. The summed E-state index contributed by atoms with van der Waals surface area (Å²) in [4.78, 5) is 12.5.